The lowest BCUT2D eigenvalue weighted by molar-refractivity contribution is -0.137. The molecule has 0 radical (unpaired) electrons. The molecule has 27 heavy (non-hydrogen) atoms. The van der Waals surface area contributed by atoms with Crippen molar-refractivity contribution in [1.82, 2.24) is 14.9 Å². The van der Waals surface area contributed by atoms with Crippen molar-refractivity contribution in [3.63, 3.8) is 0 Å². The molecule has 0 bridgehead atoms. The van der Waals surface area contributed by atoms with Crippen LogP contribution in [0.2, 0.25) is 0 Å². The maximum absolute atomic E-state index is 12.7. The van der Waals surface area contributed by atoms with Gasteiger partial charge >= 0.3 is 6.18 Å². The van der Waals surface area contributed by atoms with Gasteiger partial charge in [-0.05, 0) is 42.3 Å². The summed E-state index contributed by atoms with van der Waals surface area (Å²) in [5.74, 6) is 0.486. The van der Waals surface area contributed by atoms with E-state index in [1.54, 1.807) is 12.4 Å². The smallest absolute Gasteiger partial charge is 0.373 e. The van der Waals surface area contributed by atoms with Crippen molar-refractivity contribution in [2.45, 2.75) is 12.6 Å². The minimum absolute atomic E-state index is 0.486. The number of hydrogen-bond donors (Lipinski definition) is 1. The number of hydrogen-bond acceptors (Lipinski definition) is 5. The van der Waals surface area contributed by atoms with E-state index < -0.39 is 11.7 Å². The highest BCUT2D eigenvalue weighted by molar-refractivity contribution is 5.75. The lowest BCUT2D eigenvalue weighted by Gasteiger charge is -2.25. The predicted molar refractivity (Wildman–Crippen MR) is 96.1 cm³/mol. The van der Waals surface area contributed by atoms with E-state index in [4.69, 9.17) is 0 Å². The fraction of sp³-hybridized carbons (Fsp3) is 0.211. The van der Waals surface area contributed by atoms with Gasteiger partial charge in [-0.1, -0.05) is 6.08 Å². The number of rotatable bonds is 5. The Bertz CT molecular complexity index is 860. The SMILES string of the molecule is O=CC=CN1CC=C(c2nccnc2Nc2ccc(C(F)(F)F)cc2)CC1. The monoisotopic (exact) mass is 374 g/mol. The molecule has 0 spiro atoms. The summed E-state index contributed by atoms with van der Waals surface area (Å²) >= 11 is 0. The Hall–Kier alpha value is -3.16. The van der Waals surface area contributed by atoms with Crippen molar-refractivity contribution in [3.8, 4) is 0 Å². The molecule has 1 aliphatic heterocycles. The summed E-state index contributed by atoms with van der Waals surface area (Å²) in [6, 6.07) is 4.77. The molecule has 1 aromatic carbocycles. The van der Waals surface area contributed by atoms with Crippen LogP contribution in [0.3, 0.4) is 0 Å². The van der Waals surface area contributed by atoms with Crippen molar-refractivity contribution in [3.05, 3.63) is 66.3 Å². The van der Waals surface area contributed by atoms with Crippen LogP contribution in [0.4, 0.5) is 24.7 Å². The maximum atomic E-state index is 12.7. The maximum Gasteiger partial charge on any atom is 0.416 e. The Morgan fingerprint density at radius 2 is 1.85 bits per heavy atom. The van der Waals surface area contributed by atoms with Gasteiger partial charge in [0.15, 0.2) is 5.82 Å². The molecule has 0 aliphatic carbocycles. The Morgan fingerprint density at radius 1 is 1.11 bits per heavy atom. The zero-order chi connectivity index (χ0) is 19.3. The third-order valence-corrected chi connectivity index (χ3v) is 4.09. The number of nitrogens with zero attached hydrogens (tertiary/aromatic N) is 3. The lowest BCUT2D eigenvalue weighted by atomic mass is 10.0. The van der Waals surface area contributed by atoms with Crippen molar-refractivity contribution < 1.29 is 18.0 Å². The van der Waals surface area contributed by atoms with Crippen LogP contribution in [0, 0.1) is 0 Å². The summed E-state index contributed by atoms with van der Waals surface area (Å²) in [5.41, 5.74) is 1.45. The first-order valence-electron chi connectivity index (χ1n) is 8.28. The van der Waals surface area contributed by atoms with Crippen LogP contribution >= 0.6 is 0 Å². The molecular weight excluding hydrogens is 357 g/mol. The number of allylic oxidation sites excluding steroid dienone is 1. The van der Waals surface area contributed by atoms with Gasteiger partial charge in [-0.15, -0.1) is 0 Å². The first-order valence-corrected chi connectivity index (χ1v) is 8.28. The molecule has 140 valence electrons. The second-order valence-corrected chi connectivity index (χ2v) is 5.91. The fourth-order valence-electron chi connectivity index (χ4n) is 2.74. The Balaban J connectivity index is 1.78. The molecule has 1 aliphatic rings. The Kier molecular flexibility index (Phi) is 5.54. The molecule has 0 atom stereocenters. The van der Waals surface area contributed by atoms with Gasteiger partial charge in [0.25, 0.3) is 0 Å². The number of anilines is 2. The van der Waals surface area contributed by atoms with Gasteiger partial charge in [0.05, 0.1) is 5.56 Å². The van der Waals surface area contributed by atoms with Gasteiger partial charge in [0, 0.05) is 37.4 Å². The largest absolute Gasteiger partial charge is 0.416 e. The first-order chi connectivity index (χ1) is 13.0. The summed E-state index contributed by atoms with van der Waals surface area (Å²) in [5, 5.41) is 3.04. The molecule has 8 heteroatoms. The predicted octanol–water partition coefficient (Wildman–Crippen LogP) is 4.04. The topological polar surface area (TPSA) is 58.1 Å². The van der Waals surface area contributed by atoms with E-state index in [0.717, 1.165) is 30.5 Å². The highest BCUT2D eigenvalue weighted by Gasteiger charge is 2.30. The number of aldehydes is 1. The number of carbonyl (C=O) groups is 1. The van der Waals surface area contributed by atoms with E-state index in [1.807, 2.05) is 11.0 Å². The van der Waals surface area contributed by atoms with Gasteiger partial charge < -0.3 is 10.2 Å². The Labute approximate surface area is 154 Å². The number of nitrogens with one attached hydrogen (secondary N) is 1. The summed E-state index contributed by atoms with van der Waals surface area (Å²) in [7, 11) is 0. The molecule has 2 heterocycles. The summed E-state index contributed by atoms with van der Waals surface area (Å²) in [6.07, 6.45) is 5.35. The standard InChI is InChI=1S/C19H17F3N4O/c20-19(21,22)15-2-4-16(5-3-15)25-18-17(23-8-9-24-18)14-6-11-26(12-7-14)10-1-13-27/h1-6,8-10,13H,7,11-12H2,(H,24,25). The molecule has 1 aromatic heterocycles. The number of alkyl halides is 3. The number of halogens is 3. The molecule has 1 N–H and O–H groups in total. The number of carbonyl (C=O) groups excluding carboxylic acids is 1. The average molecular weight is 374 g/mol. The van der Waals surface area contributed by atoms with Gasteiger partial charge in [0.1, 0.15) is 12.0 Å². The number of aromatic nitrogens is 2. The van der Waals surface area contributed by atoms with Gasteiger partial charge in [-0.25, -0.2) is 4.98 Å². The molecule has 0 saturated heterocycles. The zero-order valence-corrected chi connectivity index (χ0v) is 14.3. The van der Waals surface area contributed by atoms with Crippen LogP contribution in [0.1, 0.15) is 17.7 Å². The highest BCUT2D eigenvalue weighted by Crippen LogP contribution is 2.31. The van der Waals surface area contributed by atoms with Crippen molar-refractivity contribution in [1.29, 1.82) is 0 Å². The molecule has 0 amide bonds. The molecule has 5 nitrogen and oxygen atoms in total. The zero-order valence-electron chi connectivity index (χ0n) is 14.3. The molecule has 0 saturated carbocycles. The van der Waals surface area contributed by atoms with Crippen molar-refractivity contribution in [2.24, 2.45) is 0 Å². The van der Waals surface area contributed by atoms with Crippen LogP contribution < -0.4 is 5.32 Å². The van der Waals surface area contributed by atoms with Gasteiger partial charge in [0.2, 0.25) is 0 Å². The minimum atomic E-state index is -4.37. The first kappa shape index (κ1) is 18.6. The van der Waals surface area contributed by atoms with Gasteiger partial charge in [-0.2, -0.15) is 13.2 Å². The van der Waals surface area contributed by atoms with Gasteiger partial charge in [-0.3, -0.25) is 9.78 Å². The summed E-state index contributed by atoms with van der Waals surface area (Å²) in [6.45, 7) is 1.36. The third-order valence-electron chi connectivity index (χ3n) is 4.09. The average Bonchev–Trinajstić information content (AvgIpc) is 2.67. The van der Waals surface area contributed by atoms with E-state index in [0.29, 0.717) is 30.2 Å². The summed E-state index contributed by atoms with van der Waals surface area (Å²) < 4.78 is 38.1. The summed E-state index contributed by atoms with van der Waals surface area (Å²) in [4.78, 5) is 21.1. The molecule has 2 aromatic rings. The molecular formula is C19H17F3N4O. The van der Waals surface area contributed by atoms with Crippen LogP contribution in [-0.2, 0) is 11.0 Å². The van der Waals surface area contributed by atoms with E-state index in [2.05, 4.69) is 15.3 Å². The quantitative estimate of drug-likeness (QED) is 0.632. The highest BCUT2D eigenvalue weighted by atomic mass is 19.4. The van der Waals surface area contributed by atoms with E-state index in [9.17, 15) is 18.0 Å². The normalized spacial score (nSPS) is 14.9. The third kappa shape index (κ3) is 4.72. The number of benzene rings is 1. The second-order valence-electron chi connectivity index (χ2n) is 5.91. The molecule has 3 rings (SSSR count). The van der Waals surface area contributed by atoms with Crippen LogP contribution in [-0.4, -0.2) is 34.2 Å². The Morgan fingerprint density at radius 3 is 2.48 bits per heavy atom. The van der Waals surface area contributed by atoms with E-state index in [-0.39, 0.29) is 0 Å². The molecule has 0 fully saturated rings. The molecule has 0 unspecified atom stereocenters. The van der Waals surface area contributed by atoms with Crippen LogP contribution in [0.5, 0.6) is 0 Å². The fourth-order valence-corrected chi connectivity index (χ4v) is 2.74. The van der Waals surface area contributed by atoms with Crippen molar-refractivity contribution in [2.75, 3.05) is 18.4 Å². The van der Waals surface area contributed by atoms with E-state index >= 15 is 0 Å². The van der Waals surface area contributed by atoms with Crippen molar-refractivity contribution >= 4 is 23.4 Å². The van der Waals surface area contributed by atoms with Crippen LogP contribution in [0.25, 0.3) is 5.57 Å². The van der Waals surface area contributed by atoms with Crippen LogP contribution in [0.15, 0.2) is 55.0 Å². The van der Waals surface area contributed by atoms with E-state index in [1.165, 1.54) is 24.4 Å². The lowest BCUT2D eigenvalue weighted by Crippen LogP contribution is -2.23. The second kappa shape index (κ2) is 8.03. The minimum Gasteiger partial charge on any atom is -0.373 e.